The fourth-order valence-electron chi connectivity index (χ4n) is 2.89. The number of fused-ring (bicyclic) bond motifs is 1. The van der Waals surface area contributed by atoms with E-state index >= 15 is 0 Å². The van der Waals surface area contributed by atoms with Crippen molar-refractivity contribution in [3.63, 3.8) is 0 Å². The van der Waals surface area contributed by atoms with Gasteiger partial charge < -0.3 is 11.1 Å². The number of hydrogen-bond acceptors (Lipinski definition) is 4. The molecule has 3 N–H and O–H groups in total. The number of carbonyl (C=O) groups excluding carboxylic acids is 1. The molecule has 1 amide bonds. The van der Waals surface area contributed by atoms with Gasteiger partial charge in [-0.2, -0.15) is 0 Å². The normalized spacial score (nSPS) is 11.0. The quantitative estimate of drug-likeness (QED) is 0.505. The van der Waals surface area contributed by atoms with Crippen molar-refractivity contribution >= 4 is 34.7 Å². The van der Waals surface area contributed by atoms with Crippen LogP contribution in [0.1, 0.15) is 16.1 Å². The number of aryl methyl sites for hydroxylation is 1. The zero-order valence-corrected chi connectivity index (χ0v) is 15.5. The van der Waals surface area contributed by atoms with Crippen LogP contribution in [0.25, 0.3) is 16.9 Å². The molecule has 0 radical (unpaired) electrons. The lowest BCUT2D eigenvalue weighted by molar-refractivity contribution is 0.102. The number of nitrogen functional groups attached to an aromatic ring is 1. The molecule has 0 aliphatic rings. The third-order valence-electron chi connectivity index (χ3n) is 4.28. The van der Waals surface area contributed by atoms with Gasteiger partial charge in [-0.15, -0.1) is 0 Å². The molecule has 140 valence electrons. The van der Waals surface area contributed by atoms with Crippen molar-refractivity contribution < 1.29 is 9.18 Å². The average Bonchev–Trinajstić information content (AvgIpc) is 2.98. The molecule has 2 aromatic carbocycles. The first kappa shape index (κ1) is 17.9. The maximum Gasteiger partial charge on any atom is 0.256 e. The number of rotatable bonds is 3. The molecule has 2 aromatic heterocycles. The highest BCUT2D eigenvalue weighted by Gasteiger charge is 2.15. The molecule has 0 spiro atoms. The Morgan fingerprint density at radius 1 is 1.25 bits per heavy atom. The third-order valence-corrected chi connectivity index (χ3v) is 4.57. The van der Waals surface area contributed by atoms with Crippen molar-refractivity contribution in [2.45, 2.75) is 6.92 Å². The molecule has 0 unspecified atom stereocenters. The van der Waals surface area contributed by atoms with E-state index in [1.165, 1.54) is 12.1 Å². The molecule has 2 heterocycles. The van der Waals surface area contributed by atoms with E-state index < -0.39 is 11.7 Å². The Hall–Kier alpha value is -3.45. The minimum Gasteiger partial charge on any atom is -0.399 e. The van der Waals surface area contributed by atoms with Crippen molar-refractivity contribution in [1.29, 1.82) is 0 Å². The number of halogens is 2. The summed E-state index contributed by atoms with van der Waals surface area (Å²) in [4.78, 5) is 21.4. The van der Waals surface area contributed by atoms with E-state index in [-0.39, 0.29) is 10.6 Å². The van der Waals surface area contributed by atoms with Crippen molar-refractivity contribution in [1.82, 2.24) is 14.4 Å². The molecular weight excluding hydrogens is 381 g/mol. The second-order valence-electron chi connectivity index (χ2n) is 6.26. The Morgan fingerprint density at radius 3 is 2.82 bits per heavy atom. The Morgan fingerprint density at radius 2 is 2.07 bits per heavy atom. The molecule has 0 atom stereocenters. The predicted molar refractivity (Wildman–Crippen MR) is 107 cm³/mol. The molecular formula is C20H15ClFN5O. The number of nitrogens with two attached hydrogens (primary N) is 1. The van der Waals surface area contributed by atoms with Crippen molar-refractivity contribution in [3.8, 4) is 11.3 Å². The standard InChI is InChI=1S/C20H15ClFN5O/c1-11-19(26-20(28)13-5-6-16(22)15(21)8-13)27-10-17(24-9-18(27)25-11)12-3-2-4-14(23)7-12/h2-10H,23H2,1H3,(H,26,28). The number of nitrogens with one attached hydrogen (secondary N) is 1. The molecule has 6 nitrogen and oxygen atoms in total. The molecule has 0 aliphatic heterocycles. The fourth-order valence-corrected chi connectivity index (χ4v) is 3.07. The number of anilines is 2. The van der Waals surface area contributed by atoms with Gasteiger partial charge in [0.25, 0.3) is 5.91 Å². The smallest absolute Gasteiger partial charge is 0.256 e. The number of amides is 1. The Labute approximate surface area is 164 Å². The zero-order chi connectivity index (χ0) is 19.8. The monoisotopic (exact) mass is 395 g/mol. The number of imidazole rings is 1. The SMILES string of the molecule is Cc1nc2cnc(-c3cccc(N)c3)cn2c1NC(=O)c1ccc(F)c(Cl)c1. The third kappa shape index (κ3) is 3.27. The van der Waals surface area contributed by atoms with E-state index in [2.05, 4.69) is 15.3 Å². The van der Waals surface area contributed by atoms with Crippen LogP contribution in [-0.4, -0.2) is 20.3 Å². The molecule has 0 bridgehead atoms. The van der Waals surface area contributed by atoms with Gasteiger partial charge in [-0.25, -0.2) is 9.37 Å². The van der Waals surface area contributed by atoms with Crippen LogP contribution in [-0.2, 0) is 0 Å². The van der Waals surface area contributed by atoms with Crippen LogP contribution in [0, 0.1) is 12.7 Å². The predicted octanol–water partition coefficient (Wildman–Crippen LogP) is 4.33. The lowest BCUT2D eigenvalue weighted by Crippen LogP contribution is -2.14. The van der Waals surface area contributed by atoms with Gasteiger partial charge in [0.05, 0.1) is 22.6 Å². The summed E-state index contributed by atoms with van der Waals surface area (Å²) >= 11 is 5.78. The molecule has 28 heavy (non-hydrogen) atoms. The van der Waals surface area contributed by atoms with Gasteiger partial charge in [-0.05, 0) is 37.3 Å². The minimum absolute atomic E-state index is 0.115. The average molecular weight is 396 g/mol. The lowest BCUT2D eigenvalue weighted by Gasteiger charge is -2.08. The van der Waals surface area contributed by atoms with E-state index in [1.807, 2.05) is 18.2 Å². The molecule has 0 fully saturated rings. The van der Waals surface area contributed by atoms with Crippen LogP contribution in [0.2, 0.25) is 5.02 Å². The molecule has 4 aromatic rings. The Balaban J connectivity index is 1.74. The highest BCUT2D eigenvalue weighted by atomic mass is 35.5. The number of carbonyl (C=O) groups is 1. The van der Waals surface area contributed by atoms with Gasteiger partial charge in [-0.1, -0.05) is 23.7 Å². The van der Waals surface area contributed by atoms with E-state index in [0.717, 1.165) is 11.6 Å². The second-order valence-corrected chi connectivity index (χ2v) is 6.66. The zero-order valence-electron chi connectivity index (χ0n) is 14.8. The first-order valence-corrected chi connectivity index (χ1v) is 8.77. The summed E-state index contributed by atoms with van der Waals surface area (Å²) in [5.41, 5.74) is 9.44. The second kappa shape index (κ2) is 6.94. The summed E-state index contributed by atoms with van der Waals surface area (Å²) in [6.07, 6.45) is 3.40. The van der Waals surface area contributed by atoms with Gasteiger partial charge in [0, 0.05) is 23.0 Å². The van der Waals surface area contributed by atoms with Gasteiger partial charge in [0.15, 0.2) is 5.65 Å². The van der Waals surface area contributed by atoms with E-state index in [9.17, 15) is 9.18 Å². The topological polar surface area (TPSA) is 85.3 Å². The summed E-state index contributed by atoms with van der Waals surface area (Å²) < 4.78 is 15.1. The number of hydrogen-bond donors (Lipinski definition) is 2. The molecule has 4 rings (SSSR count). The van der Waals surface area contributed by atoms with Crippen LogP contribution in [0.15, 0.2) is 54.9 Å². The molecule has 0 saturated heterocycles. The van der Waals surface area contributed by atoms with Gasteiger partial charge in [-0.3, -0.25) is 14.2 Å². The maximum absolute atomic E-state index is 13.4. The number of benzene rings is 2. The summed E-state index contributed by atoms with van der Waals surface area (Å²) in [7, 11) is 0. The molecule has 8 heteroatoms. The Bertz CT molecular complexity index is 1220. The summed E-state index contributed by atoms with van der Waals surface area (Å²) in [5.74, 6) is -0.510. The van der Waals surface area contributed by atoms with Crippen LogP contribution < -0.4 is 11.1 Å². The van der Waals surface area contributed by atoms with Crippen LogP contribution in [0.3, 0.4) is 0 Å². The summed E-state index contributed by atoms with van der Waals surface area (Å²) in [5, 5.41) is 2.70. The highest BCUT2D eigenvalue weighted by molar-refractivity contribution is 6.31. The van der Waals surface area contributed by atoms with Crippen molar-refractivity contribution in [3.05, 3.63) is 77.0 Å². The summed E-state index contributed by atoms with van der Waals surface area (Å²) in [6, 6.07) is 11.2. The highest BCUT2D eigenvalue weighted by Crippen LogP contribution is 2.24. The first-order valence-electron chi connectivity index (χ1n) is 8.39. The molecule has 0 saturated carbocycles. The number of aromatic nitrogens is 3. The fraction of sp³-hybridized carbons (Fsp3) is 0.0500. The van der Waals surface area contributed by atoms with Gasteiger partial charge in [0.2, 0.25) is 0 Å². The summed E-state index contributed by atoms with van der Waals surface area (Å²) in [6.45, 7) is 1.78. The van der Waals surface area contributed by atoms with E-state index in [4.69, 9.17) is 17.3 Å². The van der Waals surface area contributed by atoms with Crippen LogP contribution >= 0.6 is 11.6 Å². The first-order chi connectivity index (χ1) is 13.4. The van der Waals surface area contributed by atoms with Gasteiger partial charge in [0.1, 0.15) is 11.6 Å². The number of nitrogens with zero attached hydrogens (tertiary/aromatic N) is 3. The maximum atomic E-state index is 13.4. The molecule has 0 aliphatic carbocycles. The van der Waals surface area contributed by atoms with Crippen LogP contribution in [0.4, 0.5) is 15.9 Å². The minimum atomic E-state index is -0.581. The Kier molecular flexibility index (Phi) is 4.44. The largest absolute Gasteiger partial charge is 0.399 e. The van der Waals surface area contributed by atoms with E-state index in [0.29, 0.717) is 28.5 Å². The van der Waals surface area contributed by atoms with Gasteiger partial charge >= 0.3 is 0 Å². The lowest BCUT2D eigenvalue weighted by atomic mass is 10.1. The van der Waals surface area contributed by atoms with Crippen molar-refractivity contribution in [2.24, 2.45) is 0 Å². The van der Waals surface area contributed by atoms with E-state index in [1.54, 1.807) is 29.8 Å². The van der Waals surface area contributed by atoms with Crippen molar-refractivity contribution in [2.75, 3.05) is 11.1 Å². The van der Waals surface area contributed by atoms with Crippen LogP contribution in [0.5, 0.6) is 0 Å².